The van der Waals surface area contributed by atoms with Crippen LogP contribution in [0.1, 0.15) is 0 Å². The summed E-state index contributed by atoms with van der Waals surface area (Å²) in [7, 11) is 0. The first-order chi connectivity index (χ1) is 8.15. The molecule has 0 aliphatic carbocycles. The second kappa shape index (κ2) is 5.33. The normalized spacial score (nSPS) is 10.4. The maximum absolute atomic E-state index is 10.3. The minimum Gasteiger partial charge on any atom is -0.448 e. The molecule has 90 valence electrons. The number of anilines is 1. The number of nitrogens with one attached hydrogen (secondary N) is 1. The number of benzene rings is 1. The zero-order valence-electron chi connectivity index (χ0n) is 8.77. The van der Waals surface area contributed by atoms with Crippen LogP contribution >= 0.6 is 27.3 Å². The Hall–Kier alpha value is -1.34. The summed E-state index contributed by atoms with van der Waals surface area (Å²) in [4.78, 5) is 14.7. The highest BCUT2D eigenvalue weighted by Crippen LogP contribution is 2.28. The van der Waals surface area contributed by atoms with E-state index in [1.165, 1.54) is 0 Å². The van der Waals surface area contributed by atoms with E-state index in [0.717, 1.165) is 19.8 Å². The Morgan fingerprint density at radius 1 is 1.59 bits per heavy atom. The molecular weight excluding hydrogens is 306 g/mol. The lowest BCUT2D eigenvalue weighted by Gasteiger charge is -2.01. The summed E-state index contributed by atoms with van der Waals surface area (Å²) in [5, 5.41) is 3.87. The van der Waals surface area contributed by atoms with Gasteiger partial charge in [-0.05, 0) is 18.2 Å². The van der Waals surface area contributed by atoms with Gasteiger partial charge in [-0.15, -0.1) is 0 Å². The Bertz CT molecular complexity index is 543. The first kappa shape index (κ1) is 12.1. The number of thiazole rings is 1. The Kier molecular flexibility index (Phi) is 3.80. The summed E-state index contributed by atoms with van der Waals surface area (Å²) in [5.74, 6) is 0. The molecule has 0 saturated carbocycles. The van der Waals surface area contributed by atoms with E-state index >= 15 is 0 Å². The molecule has 1 heterocycles. The number of carbonyl (C=O) groups excluding carboxylic acids is 1. The van der Waals surface area contributed by atoms with Gasteiger partial charge in [0, 0.05) is 4.47 Å². The Balaban J connectivity index is 1.97. The van der Waals surface area contributed by atoms with E-state index in [4.69, 9.17) is 5.73 Å². The van der Waals surface area contributed by atoms with Crippen LogP contribution in [-0.4, -0.2) is 24.2 Å². The van der Waals surface area contributed by atoms with Crippen molar-refractivity contribution < 1.29 is 9.53 Å². The third kappa shape index (κ3) is 3.31. The van der Waals surface area contributed by atoms with Gasteiger partial charge in [-0.3, -0.25) is 0 Å². The molecule has 5 nitrogen and oxygen atoms in total. The number of amides is 1. The van der Waals surface area contributed by atoms with Gasteiger partial charge in [0.25, 0.3) is 0 Å². The molecule has 1 aromatic heterocycles. The van der Waals surface area contributed by atoms with Gasteiger partial charge in [-0.25, -0.2) is 9.78 Å². The van der Waals surface area contributed by atoms with Crippen LogP contribution in [0.3, 0.4) is 0 Å². The molecule has 3 N–H and O–H groups in total. The molecule has 7 heteroatoms. The first-order valence-corrected chi connectivity index (χ1v) is 6.48. The number of halogens is 1. The second-order valence-electron chi connectivity index (χ2n) is 3.23. The summed E-state index contributed by atoms with van der Waals surface area (Å²) in [6.45, 7) is 0.721. The maximum Gasteiger partial charge on any atom is 0.404 e. The lowest BCUT2D eigenvalue weighted by molar-refractivity contribution is 0.161. The second-order valence-corrected chi connectivity index (χ2v) is 5.17. The molecule has 0 bridgehead atoms. The molecule has 0 spiro atoms. The van der Waals surface area contributed by atoms with Gasteiger partial charge in [0.2, 0.25) is 0 Å². The molecular formula is C10H10BrN3O2S. The van der Waals surface area contributed by atoms with Crippen molar-refractivity contribution in [1.29, 1.82) is 0 Å². The van der Waals surface area contributed by atoms with Gasteiger partial charge in [0.1, 0.15) is 6.61 Å². The number of rotatable bonds is 4. The van der Waals surface area contributed by atoms with Crippen molar-refractivity contribution in [2.45, 2.75) is 0 Å². The summed E-state index contributed by atoms with van der Waals surface area (Å²) >= 11 is 4.95. The highest BCUT2D eigenvalue weighted by atomic mass is 79.9. The largest absolute Gasteiger partial charge is 0.448 e. The smallest absolute Gasteiger partial charge is 0.404 e. The molecule has 17 heavy (non-hydrogen) atoms. The fourth-order valence-corrected chi connectivity index (χ4v) is 2.73. The number of nitrogens with zero attached hydrogens (tertiary/aromatic N) is 1. The summed E-state index contributed by atoms with van der Waals surface area (Å²) in [5.41, 5.74) is 5.78. The quantitative estimate of drug-likeness (QED) is 0.850. The lowest BCUT2D eigenvalue weighted by atomic mass is 10.3. The number of nitrogens with two attached hydrogens (primary N) is 1. The van der Waals surface area contributed by atoms with Crippen molar-refractivity contribution in [3.63, 3.8) is 0 Å². The van der Waals surface area contributed by atoms with Crippen LogP contribution in [0.15, 0.2) is 22.7 Å². The van der Waals surface area contributed by atoms with Crippen LogP contribution in [0.5, 0.6) is 0 Å². The van der Waals surface area contributed by atoms with E-state index in [1.54, 1.807) is 11.3 Å². The molecule has 0 saturated heterocycles. The zero-order valence-corrected chi connectivity index (χ0v) is 11.2. The van der Waals surface area contributed by atoms with Gasteiger partial charge in [-0.1, -0.05) is 27.3 Å². The van der Waals surface area contributed by atoms with Crippen LogP contribution < -0.4 is 11.1 Å². The van der Waals surface area contributed by atoms with Gasteiger partial charge in [0.15, 0.2) is 5.13 Å². The zero-order chi connectivity index (χ0) is 12.3. The van der Waals surface area contributed by atoms with Crippen molar-refractivity contribution in [2.24, 2.45) is 5.73 Å². The highest BCUT2D eigenvalue weighted by molar-refractivity contribution is 9.10. The van der Waals surface area contributed by atoms with Crippen molar-refractivity contribution in [3.8, 4) is 0 Å². The molecule has 0 unspecified atom stereocenters. The number of carbonyl (C=O) groups is 1. The Labute approximate surface area is 110 Å². The average molecular weight is 316 g/mol. The molecule has 0 aliphatic heterocycles. The summed E-state index contributed by atoms with van der Waals surface area (Å²) in [6, 6.07) is 5.90. The highest BCUT2D eigenvalue weighted by Gasteiger charge is 2.03. The van der Waals surface area contributed by atoms with Crippen molar-refractivity contribution in [1.82, 2.24) is 4.98 Å². The van der Waals surface area contributed by atoms with Gasteiger partial charge < -0.3 is 15.8 Å². The number of ether oxygens (including phenoxy) is 1. The number of hydrogen-bond donors (Lipinski definition) is 2. The molecule has 1 aromatic carbocycles. The molecule has 0 fully saturated rings. The Morgan fingerprint density at radius 2 is 2.41 bits per heavy atom. The standard InChI is InChI=1S/C10H10BrN3O2S/c11-6-1-2-7-8(5-6)17-10(14-7)13-3-4-16-9(12)15/h1-2,5H,3-4H2,(H2,12,15)(H,13,14). The summed E-state index contributed by atoms with van der Waals surface area (Å²) < 4.78 is 6.72. The van der Waals surface area contributed by atoms with Crippen molar-refractivity contribution >= 4 is 48.7 Å². The summed E-state index contributed by atoms with van der Waals surface area (Å²) in [6.07, 6.45) is -0.764. The van der Waals surface area contributed by atoms with Gasteiger partial charge in [0.05, 0.1) is 16.8 Å². The van der Waals surface area contributed by atoms with E-state index in [2.05, 4.69) is 31.0 Å². The van der Waals surface area contributed by atoms with Crippen LogP contribution in [-0.2, 0) is 4.74 Å². The minimum absolute atomic E-state index is 0.231. The van der Waals surface area contributed by atoms with E-state index in [1.807, 2.05) is 18.2 Å². The van der Waals surface area contributed by atoms with Crippen LogP contribution in [0.4, 0.5) is 9.93 Å². The molecule has 2 rings (SSSR count). The fourth-order valence-electron chi connectivity index (χ4n) is 1.28. The van der Waals surface area contributed by atoms with E-state index in [0.29, 0.717) is 6.54 Å². The number of aromatic nitrogens is 1. The first-order valence-electron chi connectivity index (χ1n) is 4.87. The van der Waals surface area contributed by atoms with Crippen LogP contribution in [0, 0.1) is 0 Å². The molecule has 2 aromatic rings. The topological polar surface area (TPSA) is 77.2 Å². The van der Waals surface area contributed by atoms with Gasteiger partial charge in [-0.2, -0.15) is 0 Å². The molecule has 1 amide bonds. The number of primary amides is 1. The monoisotopic (exact) mass is 315 g/mol. The Morgan fingerprint density at radius 3 is 3.18 bits per heavy atom. The van der Waals surface area contributed by atoms with Crippen LogP contribution in [0.2, 0.25) is 0 Å². The average Bonchev–Trinajstić information content (AvgIpc) is 2.66. The van der Waals surface area contributed by atoms with Crippen molar-refractivity contribution in [2.75, 3.05) is 18.5 Å². The molecule has 0 atom stereocenters. The third-order valence-corrected chi connectivity index (χ3v) is 3.44. The van der Waals surface area contributed by atoms with Gasteiger partial charge >= 0.3 is 6.09 Å². The van der Waals surface area contributed by atoms with E-state index < -0.39 is 6.09 Å². The van der Waals surface area contributed by atoms with E-state index in [-0.39, 0.29) is 6.61 Å². The lowest BCUT2D eigenvalue weighted by Crippen LogP contribution is -2.18. The van der Waals surface area contributed by atoms with Crippen molar-refractivity contribution in [3.05, 3.63) is 22.7 Å². The minimum atomic E-state index is -0.764. The molecule has 0 aliphatic rings. The molecule has 0 radical (unpaired) electrons. The number of hydrogen-bond acceptors (Lipinski definition) is 5. The fraction of sp³-hybridized carbons (Fsp3) is 0.200. The maximum atomic E-state index is 10.3. The SMILES string of the molecule is NC(=O)OCCNc1nc2ccc(Br)cc2s1. The number of fused-ring (bicyclic) bond motifs is 1. The predicted octanol–water partition coefficient (Wildman–Crippen LogP) is 2.57. The van der Waals surface area contributed by atoms with E-state index in [9.17, 15) is 4.79 Å². The predicted molar refractivity (Wildman–Crippen MR) is 71.3 cm³/mol. The third-order valence-electron chi connectivity index (χ3n) is 1.97. The van der Waals surface area contributed by atoms with Crippen LogP contribution in [0.25, 0.3) is 10.2 Å².